The van der Waals surface area contributed by atoms with Crippen LogP contribution in [0.25, 0.3) is 6.08 Å². The summed E-state index contributed by atoms with van der Waals surface area (Å²) in [6.07, 6.45) is 4.42. The normalized spacial score (nSPS) is 10.5. The molecular weight excluding hydrogens is 270 g/mol. The van der Waals surface area contributed by atoms with Crippen LogP contribution in [0.3, 0.4) is 0 Å². The molecule has 0 saturated heterocycles. The van der Waals surface area contributed by atoms with E-state index >= 15 is 0 Å². The number of carbonyl (C=O) groups excluding carboxylic acids is 1. The van der Waals surface area contributed by atoms with Gasteiger partial charge in [-0.15, -0.1) is 0 Å². The number of hydrogen-bond donors (Lipinski definition) is 1. The van der Waals surface area contributed by atoms with E-state index in [1.807, 2.05) is 13.0 Å². The Hall–Kier alpha value is -3.02. The monoisotopic (exact) mass is 283 g/mol. The fourth-order valence-corrected chi connectivity index (χ4v) is 1.69. The summed E-state index contributed by atoms with van der Waals surface area (Å²) in [5.74, 6) is 0.148. The Bertz CT molecular complexity index is 711. The number of rotatable bonds is 4. The van der Waals surface area contributed by atoms with E-state index in [0.717, 1.165) is 5.56 Å². The van der Waals surface area contributed by atoms with Crippen LogP contribution in [-0.2, 0) is 4.79 Å². The maximum atomic E-state index is 11.8. The molecule has 0 fully saturated rings. The summed E-state index contributed by atoms with van der Waals surface area (Å²) in [5.41, 5.74) is 1.42. The predicted octanol–water partition coefficient (Wildman–Crippen LogP) is 2.95. The van der Waals surface area contributed by atoms with E-state index in [2.05, 4.69) is 10.3 Å². The fraction of sp³-hybridized carbons (Fsp3) is 0.0667. The van der Waals surface area contributed by atoms with Gasteiger partial charge in [0.15, 0.2) is 0 Å². The number of aryl methyl sites for hydroxylation is 1. The predicted molar refractivity (Wildman–Crippen MR) is 79.7 cm³/mol. The lowest BCUT2D eigenvalue weighted by molar-refractivity contribution is -0.384. The van der Waals surface area contributed by atoms with Gasteiger partial charge in [-0.25, -0.2) is 4.98 Å². The molecule has 1 aromatic carbocycles. The second kappa shape index (κ2) is 6.42. The van der Waals surface area contributed by atoms with Gasteiger partial charge in [0, 0.05) is 24.4 Å². The van der Waals surface area contributed by atoms with Crippen molar-refractivity contribution in [1.82, 2.24) is 4.98 Å². The lowest BCUT2D eigenvalue weighted by Gasteiger charge is -2.03. The van der Waals surface area contributed by atoms with Crippen molar-refractivity contribution in [3.63, 3.8) is 0 Å². The number of pyridine rings is 1. The largest absolute Gasteiger partial charge is 0.307 e. The molecule has 0 saturated carbocycles. The summed E-state index contributed by atoms with van der Waals surface area (Å²) in [6.45, 7) is 1.84. The van der Waals surface area contributed by atoms with E-state index in [0.29, 0.717) is 11.4 Å². The number of benzene rings is 1. The van der Waals surface area contributed by atoms with Crippen LogP contribution in [0, 0.1) is 17.0 Å². The number of amides is 1. The number of nitro benzene ring substituents is 1. The van der Waals surface area contributed by atoms with Gasteiger partial charge in [0.2, 0.25) is 5.91 Å². The van der Waals surface area contributed by atoms with Gasteiger partial charge in [-0.1, -0.05) is 18.2 Å². The van der Waals surface area contributed by atoms with Gasteiger partial charge in [0.25, 0.3) is 5.69 Å². The maximum absolute atomic E-state index is 11.8. The zero-order valence-electron chi connectivity index (χ0n) is 11.3. The average molecular weight is 283 g/mol. The van der Waals surface area contributed by atoms with Crippen LogP contribution in [0.15, 0.2) is 48.7 Å². The quantitative estimate of drug-likeness (QED) is 0.531. The molecule has 21 heavy (non-hydrogen) atoms. The van der Waals surface area contributed by atoms with Crippen LogP contribution in [0.2, 0.25) is 0 Å². The van der Waals surface area contributed by atoms with E-state index in [1.165, 1.54) is 24.3 Å². The van der Waals surface area contributed by atoms with E-state index in [-0.39, 0.29) is 11.6 Å². The number of hydrogen-bond acceptors (Lipinski definition) is 4. The van der Waals surface area contributed by atoms with Crippen LogP contribution in [0.4, 0.5) is 11.5 Å². The number of carbonyl (C=O) groups is 1. The van der Waals surface area contributed by atoms with Gasteiger partial charge in [-0.2, -0.15) is 0 Å². The van der Waals surface area contributed by atoms with Crippen molar-refractivity contribution < 1.29 is 9.72 Å². The zero-order chi connectivity index (χ0) is 15.2. The number of nitro groups is 1. The Morgan fingerprint density at radius 3 is 2.86 bits per heavy atom. The summed E-state index contributed by atoms with van der Waals surface area (Å²) >= 11 is 0. The van der Waals surface area contributed by atoms with E-state index in [9.17, 15) is 14.9 Å². The first kappa shape index (κ1) is 14.4. The van der Waals surface area contributed by atoms with Crippen molar-refractivity contribution in [2.45, 2.75) is 6.92 Å². The van der Waals surface area contributed by atoms with E-state index in [1.54, 1.807) is 24.4 Å². The summed E-state index contributed by atoms with van der Waals surface area (Å²) < 4.78 is 0. The molecule has 2 rings (SSSR count). The van der Waals surface area contributed by atoms with Gasteiger partial charge in [0.05, 0.1) is 4.92 Å². The van der Waals surface area contributed by atoms with Crippen LogP contribution >= 0.6 is 0 Å². The third-order valence-electron chi connectivity index (χ3n) is 2.76. The lowest BCUT2D eigenvalue weighted by atomic mass is 10.2. The minimum absolute atomic E-state index is 0.0156. The number of aromatic nitrogens is 1. The Kier molecular flexibility index (Phi) is 4.40. The second-order valence-corrected chi connectivity index (χ2v) is 4.34. The van der Waals surface area contributed by atoms with Gasteiger partial charge in [0.1, 0.15) is 5.82 Å². The molecular formula is C15H13N3O3. The third kappa shape index (κ3) is 3.97. The molecule has 0 aliphatic rings. The molecule has 6 nitrogen and oxygen atoms in total. The molecule has 0 bridgehead atoms. The van der Waals surface area contributed by atoms with Crippen LogP contribution < -0.4 is 5.32 Å². The second-order valence-electron chi connectivity index (χ2n) is 4.34. The molecule has 1 aromatic heterocycles. The molecule has 0 unspecified atom stereocenters. The van der Waals surface area contributed by atoms with E-state index < -0.39 is 4.92 Å². The van der Waals surface area contributed by atoms with Crippen molar-refractivity contribution in [3.8, 4) is 0 Å². The van der Waals surface area contributed by atoms with Crippen LogP contribution in [0.5, 0.6) is 0 Å². The highest BCUT2D eigenvalue weighted by atomic mass is 16.6. The van der Waals surface area contributed by atoms with Crippen LogP contribution in [0.1, 0.15) is 11.1 Å². The molecule has 0 atom stereocenters. The first-order chi connectivity index (χ1) is 10.1. The molecule has 1 amide bonds. The topological polar surface area (TPSA) is 85.1 Å². The van der Waals surface area contributed by atoms with Crippen molar-refractivity contribution in [2.75, 3.05) is 5.32 Å². The van der Waals surface area contributed by atoms with Crippen LogP contribution in [-0.4, -0.2) is 15.8 Å². The summed E-state index contributed by atoms with van der Waals surface area (Å²) in [7, 11) is 0. The van der Waals surface area contributed by atoms with Gasteiger partial charge >= 0.3 is 0 Å². The fourth-order valence-electron chi connectivity index (χ4n) is 1.69. The van der Waals surface area contributed by atoms with Gasteiger partial charge in [-0.05, 0) is 30.2 Å². The van der Waals surface area contributed by atoms with Gasteiger partial charge in [-0.3, -0.25) is 14.9 Å². The minimum atomic E-state index is -0.478. The van der Waals surface area contributed by atoms with Crippen molar-refractivity contribution >= 4 is 23.5 Å². The molecule has 0 aliphatic heterocycles. The number of nitrogens with zero attached hydrogens (tertiary/aromatic N) is 2. The van der Waals surface area contributed by atoms with E-state index in [4.69, 9.17) is 0 Å². The highest BCUT2D eigenvalue weighted by Gasteiger charge is 2.05. The Morgan fingerprint density at radius 1 is 1.33 bits per heavy atom. The molecule has 1 N–H and O–H groups in total. The summed E-state index contributed by atoms with van der Waals surface area (Å²) in [6, 6.07) is 9.67. The molecule has 0 radical (unpaired) electrons. The molecule has 0 spiro atoms. The molecule has 106 valence electrons. The summed E-state index contributed by atoms with van der Waals surface area (Å²) in [5, 5.41) is 13.3. The highest BCUT2D eigenvalue weighted by molar-refractivity contribution is 6.01. The Balaban J connectivity index is 2.07. The Morgan fingerprint density at radius 2 is 2.14 bits per heavy atom. The SMILES string of the molecule is Cc1cccnc1NC(=O)C=Cc1cccc([N+](=O)[O-])c1. The smallest absolute Gasteiger partial charge is 0.270 e. The maximum Gasteiger partial charge on any atom is 0.270 e. The standard InChI is InChI=1S/C15H13N3O3/c1-11-4-3-9-16-15(11)17-14(19)8-7-12-5-2-6-13(10-12)18(20)21/h2-10H,1H3,(H,16,17,19). The first-order valence-corrected chi connectivity index (χ1v) is 6.21. The Labute approximate surface area is 121 Å². The van der Waals surface area contributed by atoms with Crippen molar-refractivity contribution in [3.05, 3.63) is 69.9 Å². The zero-order valence-corrected chi connectivity index (χ0v) is 11.3. The average Bonchev–Trinajstić information content (AvgIpc) is 2.48. The lowest BCUT2D eigenvalue weighted by Crippen LogP contribution is -2.10. The van der Waals surface area contributed by atoms with Crippen molar-refractivity contribution in [2.24, 2.45) is 0 Å². The van der Waals surface area contributed by atoms with Crippen molar-refractivity contribution in [1.29, 1.82) is 0 Å². The number of non-ortho nitro benzene ring substituents is 1. The molecule has 2 aromatic rings. The highest BCUT2D eigenvalue weighted by Crippen LogP contribution is 2.14. The summed E-state index contributed by atoms with van der Waals surface area (Å²) in [4.78, 5) is 26.0. The number of nitrogens with one attached hydrogen (secondary N) is 1. The molecule has 0 aliphatic carbocycles. The molecule has 6 heteroatoms. The number of anilines is 1. The first-order valence-electron chi connectivity index (χ1n) is 6.21. The molecule has 1 heterocycles. The van der Waals surface area contributed by atoms with Gasteiger partial charge < -0.3 is 5.32 Å². The third-order valence-corrected chi connectivity index (χ3v) is 2.76. The minimum Gasteiger partial charge on any atom is -0.307 e.